The molecule has 0 aromatic carbocycles. The second-order valence-corrected chi connectivity index (χ2v) is 1.96. The average Bonchev–Trinajstić information content (AvgIpc) is 2.34. The molecular weight excluding hydrogens is 212 g/mol. The van der Waals surface area contributed by atoms with Gasteiger partial charge in [0.1, 0.15) is 0 Å². The molecule has 2 N–H and O–H groups in total. The molecule has 0 aliphatic heterocycles. The minimum atomic E-state index is -0.789. The van der Waals surface area contributed by atoms with Crippen molar-refractivity contribution in [3.63, 3.8) is 0 Å². The van der Waals surface area contributed by atoms with E-state index in [0.29, 0.717) is 6.42 Å². The molecule has 0 saturated carbocycles. The summed E-state index contributed by atoms with van der Waals surface area (Å²) in [7, 11) is 0. The van der Waals surface area contributed by atoms with Gasteiger partial charge in [-0.05, 0) is 6.07 Å². The Hall–Kier alpha value is -0.840. The molecule has 5 heteroatoms. The summed E-state index contributed by atoms with van der Waals surface area (Å²) in [6.07, 6.45) is 2.32. The standard InChI is InChI=1S/C6H8N2O2.BrH/c9-6(10)2-1-5-3-4-7-8-5;/h3-4H,1-2H2,(H,7,8)(H,9,10);1H. The molecule has 4 nitrogen and oxygen atoms in total. The molecule has 0 bridgehead atoms. The van der Waals surface area contributed by atoms with Crippen molar-refractivity contribution >= 4 is 23.0 Å². The predicted molar refractivity (Wildman–Crippen MR) is 44.9 cm³/mol. The summed E-state index contributed by atoms with van der Waals surface area (Å²) >= 11 is 0. The summed E-state index contributed by atoms with van der Waals surface area (Å²) in [5.74, 6) is -0.789. The minimum Gasteiger partial charge on any atom is -0.481 e. The van der Waals surface area contributed by atoms with Crippen LogP contribution >= 0.6 is 17.0 Å². The van der Waals surface area contributed by atoms with E-state index in [2.05, 4.69) is 10.2 Å². The van der Waals surface area contributed by atoms with Crippen molar-refractivity contribution in [2.45, 2.75) is 12.8 Å². The fourth-order valence-electron chi connectivity index (χ4n) is 0.665. The van der Waals surface area contributed by atoms with Gasteiger partial charge in [-0.25, -0.2) is 0 Å². The maximum atomic E-state index is 10.1. The van der Waals surface area contributed by atoms with E-state index in [1.807, 2.05) is 0 Å². The first-order valence-corrected chi connectivity index (χ1v) is 2.99. The van der Waals surface area contributed by atoms with Gasteiger partial charge in [-0.3, -0.25) is 9.89 Å². The van der Waals surface area contributed by atoms with E-state index < -0.39 is 5.97 Å². The highest BCUT2D eigenvalue weighted by Crippen LogP contribution is 1.95. The second-order valence-electron chi connectivity index (χ2n) is 1.96. The summed E-state index contributed by atoms with van der Waals surface area (Å²) in [5, 5.41) is 14.7. The topological polar surface area (TPSA) is 66.0 Å². The molecule has 62 valence electrons. The van der Waals surface area contributed by atoms with Gasteiger partial charge in [-0.1, -0.05) is 0 Å². The molecule has 1 rings (SSSR count). The van der Waals surface area contributed by atoms with Crippen LogP contribution in [0.25, 0.3) is 0 Å². The number of hydrogen-bond acceptors (Lipinski definition) is 2. The Morgan fingerprint density at radius 3 is 2.91 bits per heavy atom. The van der Waals surface area contributed by atoms with Gasteiger partial charge in [0, 0.05) is 12.6 Å². The molecule has 0 spiro atoms. The third kappa shape index (κ3) is 3.77. The molecule has 0 radical (unpaired) electrons. The number of halogens is 1. The lowest BCUT2D eigenvalue weighted by atomic mass is 10.2. The molecule has 0 aliphatic carbocycles. The van der Waals surface area contributed by atoms with Crippen molar-refractivity contribution in [1.29, 1.82) is 0 Å². The van der Waals surface area contributed by atoms with Crippen LogP contribution in [0.5, 0.6) is 0 Å². The molecule has 11 heavy (non-hydrogen) atoms. The largest absolute Gasteiger partial charge is 0.481 e. The zero-order valence-electron chi connectivity index (χ0n) is 5.78. The number of carboxylic acid groups (broad SMARTS) is 1. The summed E-state index contributed by atoms with van der Waals surface area (Å²) in [5.41, 5.74) is 0.794. The van der Waals surface area contributed by atoms with E-state index in [1.165, 1.54) is 0 Å². The van der Waals surface area contributed by atoms with Gasteiger partial charge in [0.15, 0.2) is 0 Å². The van der Waals surface area contributed by atoms with Crippen molar-refractivity contribution in [3.8, 4) is 0 Å². The molecule has 1 aromatic rings. The van der Waals surface area contributed by atoms with Crippen molar-refractivity contribution in [1.82, 2.24) is 10.2 Å². The molecule has 0 fully saturated rings. The summed E-state index contributed by atoms with van der Waals surface area (Å²) < 4.78 is 0. The zero-order chi connectivity index (χ0) is 7.40. The molecule has 0 aliphatic rings. The van der Waals surface area contributed by atoms with Crippen LogP contribution in [0.2, 0.25) is 0 Å². The van der Waals surface area contributed by atoms with E-state index in [1.54, 1.807) is 12.3 Å². The number of aryl methyl sites for hydroxylation is 1. The first-order valence-electron chi connectivity index (χ1n) is 2.99. The van der Waals surface area contributed by atoms with Crippen molar-refractivity contribution < 1.29 is 9.90 Å². The third-order valence-electron chi connectivity index (χ3n) is 1.15. The highest BCUT2D eigenvalue weighted by Gasteiger charge is 1.98. The highest BCUT2D eigenvalue weighted by molar-refractivity contribution is 8.93. The van der Waals surface area contributed by atoms with Gasteiger partial charge in [-0.2, -0.15) is 5.10 Å². The molecule has 1 heterocycles. The monoisotopic (exact) mass is 220 g/mol. The number of hydrogen-bond donors (Lipinski definition) is 2. The van der Waals surface area contributed by atoms with Crippen LogP contribution in [0.15, 0.2) is 12.3 Å². The van der Waals surface area contributed by atoms with Crippen LogP contribution < -0.4 is 0 Å². The fraction of sp³-hybridized carbons (Fsp3) is 0.333. The van der Waals surface area contributed by atoms with Crippen LogP contribution in [0, 0.1) is 0 Å². The van der Waals surface area contributed by atoms with Crippen molar-refractivity contribution in [3.05, 3.63) is 18.0 Å². The van der Waals surface area contributed by atoms with Gasteiger partial charge in [0.05, 0.1) is 12.1 Å². The van der Waals surface area contributed by atoms with Crippen LogP contribution in [0.3, 0.4) is 0 Å². The lowest BCUT2D eigenvalue weighted by molar-refractivity contribution is -0.136. The van der Waals surface area contributed by atoms with Gasteiger partial charge < -0.3 is 5.11 Å². The highest BCUT2D eigenvalue weighted by atomic mass is 79.9. The summed E-state index contributed by atoms with van der Waals surface area (Å²) in [6.45, 7) is 0. The second kappa shape index (κ2) is 4.90. The molecule has 0 atom stereocenters. The minimum absolute atomic E-state index is 0. The van der Waals surface area contributed by atoms with Crippen LogP contribution in [0.4, 0.5) is 0 Å². The molecular formula is C6H9BrN2O2. The number of rotatable bonds is 3. The Labute approximate surface area is 74.4 Å². The summed E-state index contributed by atoms with van der Waals surface area (Å²) in [6, 6.07) is 1.77. The van der Waals surface area contributed by atoms with E-state index in [4.69, 9.17) is 5.11 Å². The smallest absolute Gasteiger partial charge is 0.303 e. The maximum absolute atomic E-state index is 10.1. The van der Waals surface area contributed by atoms with E-state index in [9.17, 15) is 4.79 Å². The predicted octanol–water partition coefficient (Wildman–Crippen LogP) is 1.00. The first-order chi connectivity index (χ1) is 4.79. The van der Waals surface area contributed by atoms with Gasteiger partial charge >= 0.3 is 5.97 Å². The van der Waals surface area contributed by atoms with E-state index in [0.717, 1.165) is 5.69 Å². The lowest BCUT2D eigenvalue weighted by Gasteiger charge is -1.88. The molecule has 1 aromatic heterocycles. The average molecular weight is 221 g/mol. The Kier molecular flexibility index (Phi) is 4.52. The van der Waals surface area contributed by atoms with Crippen LogP contribution in [-0.2, 0) is 11.2 Å². The van der Waals surface area contributed by atoms with Gasteiger partial charge in [0.2, 0.25) is 0 Å². The Balaban J connectivity index is 0.000001000. The first kappa shape index (κ1) is 10.2. The van der Waals surface area contributed by atoms with Crippen molar-refractivity contribution in [2.75, 3.05) is 0 Å². The number of carboxylic acids is 1. The fourth-order valence-corrected chi connectivity index (χ4v) is 0.665. The quantitative estimate of drug-likeness (QED) is 0.800. The van der Waals surface area contributed by atoms with Gasteiger partial charge in [-0.15, -0.1) is 17.0 Å². The van der Waals surface area contributed by atoms with Crippen LogP contribution in [-0.4, -0.2) is 21.3 Å². The zero-order valence-corrected chi connectivity index (χ0v) is 7.49. The normalized spacial score (nSPS) is 8.73. The Morgan fingerprint density at radius 1 is 1.73 bits per heavy atom. The number of aliphatic carboxylic acids is 1. The van der Waals surface area contributed by atoms with E-state index in [-0.39, 0.29) is 23.4 Å². The molecule has 0 unspecified atom stereocenters. The molecule has 0 amide bonds. The Morgan fingerprint density at radius 2 is 2.45 bits per heavy atom. The number of H-pyrrole nitrogens is 1. The van der Waals surface area contributed by atoms with Crippen molar-refractivity contribution in [2.24, 2.45) is 0 Å². The number of nitrogens with one attached hydrogen (secondary N) is 1. The van der Waals surface area contributed by atoms with E-state index >= 15 is 0 Å². The number of carbonyl (C=O) groups is 1. The van der Waals surface area contributed by atoms with Gasteiger partial charge in [0.25, 0.3) is 0 Å². The number of aromatic amines is 1. The lowest BCUT2D eigenvalue weighted by Crippen LogP contribution is -1.97. The molecule has 0 saturated heterocycles. The van der Waals surface area contributed by atoms with Crippen LogP contribution in [0.1, 0.15) is 12.1 Å². The third-order valence-corrected chi connectivity index (χ3v) is 1.15. The Bertz CT molecular complexity index is 210. The number of nitrogens with zero attached hydrogens (tertiary/aromatic N) is 1. The maximum Gasteiger partial charge on any atom is 0.303 e. The SMILES string of the molecule is Br.O=C(O)CCc1cc[nH]n1. The number of aromatic nitrogens is 2. The summed E-state index contributed by atoms with van der Waals surface area (Å²) in [4.78, 5) is 10.1.